The Bertz CT molecular complexity index is 2910. The van der Waals surface area contributed by atoms with Gasteiger partial charge >= 0.3 is 0 Å². The summed E-state index contributed by atoms with van der Waals surface area (Å²) in [7, 11) is 0. The Morgan fingerprint density at radius 3 is 2.42 bits per heavy atom. The first kappa shape index (κ1) is 42.6. The van der Waals surface area contributed by atoms with Crippen LogP contribution >= 0.6 is 11.3 Å². The third kappa shape index (κ3) is 9.52. The summed E-state index contributed by atoms with van der Waals surface area (Å²) < 4.78 is 6.52. The van der Waals surface area contributed by atoms with E-state index in [1.807, 2.05) is 0 Å². The summed E-state index contributed by atoms with van der Waals surface area (Å²) >= 11 is 1.36. The van der Waals surface area contributed by atoms with Gasteiger partial charge in [0.15, 0.2) is 5.78 Å². The van der Waals surface area contributed by atoms with Crippen molar-refractivity contribution in [1.82, 2.24) is 21.0 Å². The molecule has 8 rings (SSSR count). The van der Waals surface area contributed by atoms with Crippen LogP contribution in [0.4, 0.5) is 0 Å². The molecule has 2 aliphatic heterocycles. The Hall–Kier alpha value is -8.09. The van der Waals surface area contributed by atoms with Crippen molar-refractivity contribution >= 4 is 63.0 Å². The maximum absolute atomic E-state index is 13.9. The maximum atomic E-state index is 13.9. The van der Waals surface area contributed by atoms with Crippen molar-refractivity contribution in [2.24, 2.45) is 5.10 Å². The third-order valence-electron chi connectivity index (χ3n) is 10.7. The van der Waals surface area contributed by atoms with Crippen LogP contribution in [0.1, 0.15) is 79.0 Å². The molecule has 1 saturated heterocycles. The van der Waals surface area contributed by atoms with Crippen molar-refractivity contribution in [1.29, 1.82) is 0 Å². The summed E-state index contributed by atoms with van der Waals surface area (Å²) in [6.45, 7) is 0.623. The van der Waals surface area contributed by atoms with Crippen LogP contribution in [-0.2, 0) is 20.9 Å². The predicted molar refractivity (Wildman–Crippen MR) is 239 cm³/mol. The number of phenolic OH excluding ortho intramolecular Hbond substituents is 2. The number of amides is 5. The van der Waals surface area contributed by atoms with Crippen LogP contribution in [0.15, 0.2) is 114 Å². The van der Waals surface area contributed by atoms with Crippen LogP contribution in [0.25, 0.3) is 20.5 Å². The number of fused-ring (bicyclic) bond motifs is 2. The molecule has 1 aromatic heterocycles. The average molecular weight is 874 g/mol. The first-order valence-corrected chi connectivity index (χ1v) is 21.1. The Morgan fingerprint density at radius 1 is 0.906 bits per heavy atom. The van der Waals surface area contributed by atoms with Gasteiger partial charge in [0, 0.05) is 62.2 Å². The monoisotopic (exact) mass is 873 g/mol. The van der Waals surface area contributed by atoms with Crippen molar-refractivity contribution in [2.75, 3.05) is 13.2 Å². The van der Waals surface area contributed by atoms with E-state index in [0.717, 1.165) is 10.3 Å². The Balaban J connectivity index is 0.767. The SMILES string of the molecule is O=C(CCCOc1ccc(C=NNC(=O)c2ccc(C(=O)c3c(-c4ccc(O)cc4)sc4cc(O)ccc34)cc2)cc1)NCC#Cc1cccc2c1CN(C1CCC(=O)NC1=O)C2=O. The van der Waals surface area contributed by atoms with Crippen LogP contribution in [0.3, 0.4) is 0 Å². The summed E-state index contributed by atoms with van der Waals surface area (Å²) in [5.74, 6) is 4.74. The van der Waals surface area contributed by atoms with Crippen molar-refractivity contribution in [3.05, 3.63) is 148 Å². The number of ketones is 1. The smallest absolute Gasteiger partial charge is 0.271 e. The van der Waals surface area contributed by atoms with E-state index in [0.29, 0.717) is 68.0 Å². The molecule has 0 saturated carbocycles. The predicted octanol–water partition coefficient (Wildman–Crippen LogP) is 6.06. The fraction of sp³-hybridized carbons (Fsp3) is 0.163. The highest BCUT2D eigenvalue weighted by Crippen LogP contribution is 2.41. The lowest BCUT2D eigenvalue weighted by Crippen LogP contribution is -2.52. The van der Waals surface area contributed by atoms with Gasteiger partial charge in [-0.3, -0.25) is 34.1 Å². The number of rotatable bonds is 13. The van der Waals surface area contributed by atoms with Gasteiger partial charge in [0.05, 0.1) is 19.4 Å². The number of phenols is 2. The molecule has 2 aliphatic rings. The second-order valence-electron chi connectivity index (χ2n) is 15.0. The third-order valence-corrected chi connectivity index (χ3v) is 11.9. The normalized spacial score (nSPS) is 14.5. The molecule has 64 heavy (non-hydrogen) atoms. The van der Waals surface area contributed by atoms with Gasteiger partial charge in [0.25, 0.3) is 11.8 Å². The number of aromatic hydroxyl groups is 2. The number of carbonyl (C=O) groups excluding carboxylic acids is 6. The van der Waals surface area contributed by atoms with Crippen molar-refractivity contribution in [3.63, 3.8) is 0 Å². The number of thiophene rings is 1. The summed E-state index contributed by atoms with van der Waals surface area (Å²) in [5.41, 5.74) is 6.90. The molecule has 1 atom stereocenters. The van der Waals surface area contributed by atoms with E-state index < -0.39 is 17.9 Å². The van der Waals surface area contributed by atoms with E-state index in [1.54, 1.807) is 103 Å². The second-order valence-corrected chi connectivity index (χ2v) is 16.0. The molecule has 3 heterocycles. The maximum Gasteiger partial charge on any atom is 0.271 e. The number of ether oxygens (including phenoxy) is 1. The zero-order valence-corrected chi connectivity index (χ0v) is 34.9. The molecule has 14 nitrogen and oxygen atoms in total. The zero-order valence-electron chi connectivity index (χ0n) is 34.1. The number of imide groups is 1. The fourth-order valence-corrected chi connectivity index (χ4v) is 8.66. The van der Waals surface area contributed by atoms with Gasteiger partial charge in [0.2, 0.25) is 17.7 Å². The van der Waals surface area contributed by atoms with E-state index in [2.05, 4.69) is 33.0 Å². The number of carbonyl (C=O) groups is 6. The molecule has 6 aromatic rings. The van der Waals surface area contributed by atoms with Crippen LogP contribution in [0.2, 0.25) is 0 Å². The summed E-state index contributed by atoms with van der Waals surface area (Å²) in [4.78, 5) is 78.4. The highest BCUT2D eigenvalue weighted by Gasteiger charge is 2.39. The summed E-state index contributed by atoms with van der Waals surface area (Å²) in [6.07, 6.45) is 2.62. The lowest BCUT2D eigenvalue weighted by molar-refractivity contribution is -0.137. The Kier molecular flexibility index (Phi) is 12.6. The number of benzene rings is 5. The van der Waals surface area contributed by atoms with Gasteiger partial charge in [-0.15, -0.1) is 11.3 Å². The van der Waals surface area contributed by atoms with Gasteiger partial charge in [-0.1, -0.05) is 30.0 Å². The molecule has 0 bridgehead atoms. The van der Waals surface area contributed by atoms with Crippen LogP contribution in [-0.4, -0.2) is 75.8 Å². The Morgan fingerprint density at radius 2 is 1.66 bits per heavy atom. The molecule has 0 radical (unpaired) electrons. The molecule has 320 valence electrons. The molecule has 15 heteroatoms. The molecule has 5 aromatic carbocycles. The second kappa shape index (κ2) is 18.9. The van der Waals surface area contributed by atoms with E-state index in [4.69, 9.17) is 4.74 Å². The van der Waals surface area contributed by atoms with Crippen LogP contribution in [0, 0.1) is 11.8 Å². The highest BCUT2D eigenvalue weighted by atomic mass is 32.1. The zero-order chi connectivity index (χ0) is 44.7. The fourth-order valence-electron chi connectivity index (χ4n) is 7.42. The minimum Gasteiger partial charge on any atom is -0.508 e. The van der Waals surface area contributed by atoms with Crippen LogP contribution < -0.4 is 20.8 Å². The molecule has 1 fully saturated rings. The van der Waals surface area contributed by atoms with Gasteiger partial charge in [-0.05, 0) is 121 Å². The Labute approximate surface area is 370 Å². The van der Waals surface area contributed by atoms with Crippen LogP contribution in [0.5, 0.6) is 17.2 Å². The van der Waals surface area contributed by atoms with Gasteiger partial charge in [-0.25, -0.2) is 5.43 Å². The first-order chi connectivity index (χ1) is 31.0. The molecular formula is C49H39N5O9S. The lowest BCUT2D eigenvalue weighted by Gasteiger charge is -2.29. The molecule has 1 unspecified atom stereocenters. The molecule has 0 spiro atoms. The number of piperidine rings is 1. The number of hydrogen-bond donors (Lipinski definition) is 5. The van der Waals surface area contributed by atoms with E-state index in [9.17, 15) is 39.0 Å². The standard InChI is InChI=1S/C49H39N5O9S/c55-34-16-14-32(15-17-34)46-44(38-21-18-35(56)26-41(38)64-46)45(59)31-10-12-33(13-11-31)47(60)53-51-27-29-8-19-36(20-9-29)63-25-3-7-42(57)50-24-2-5-30-4-1-6-37-39(30)28-54(49(37)62)40-22-23-43(58)52-48(40)61/h1,4,6,8-21,26-27,40,55-56H,3,7,22-25,28H2,(H,50,57)(H,53,60)(H,52,58,61). The molecule has 5 N–H and O–H groups in total. The average Bonchev–Trinajstić information content (AvgIpc) is 3.84. The summed E-state index contributed by atoms with van der Waals surface area (Å²) in [6, 6.07) is 29.2. The lowest BCUT2D eigenvalue weighted by atomic mass is 9.97. The quantitative estimate of drug-likeness (QED) is 0.0228. The van der Waals surface area contributed by atoms with Gasteiger partial charge in [0.1, 0.15) is 23.3 Å². The topological polar surface area (TPSA) is 204 Å². The minimum atomic E-state index is -0.712. The van der Waals surface area contributed by atoms with Gasteiger partial charge in [-0.2, -0.15) is 5.10 Å². The number of hydrazone groups is 1. The van der Waals surface area contributed by atoms with E-state index in [1.165, 1.54) is 28.5 Å². The first-order valence-electron chi connectivity index (χ1n) is 20.3. The largest absolute Gasteiger partial charge is 0.508 e. The molecule has 5 amide bonds. The van der Waals surface area contributed by atoms with Crippen molar-refractivity contribution in [2.45, 2.75) is 38.3 Å². The minimum absolute atomic E-state index is 0.0850. The van der Waals surface area contributed by atoms with E-state index >= 15 is 0 Å². The number of nitrogens with one attached hydrogen (secondary N) is 3. The van der Waals surface area contributed by atoms with Crippen molar-refractivity contribution < 1.29 is 43.7 Å². The van der Waals surface area contributed by atoms with E-state index in [-0.39, 0.29) is 67.4 Å². The number of hydrogen-bond acceptors (Lipinski definition) is 11. The van der Waals surface area contributed by atoms with Gasteiger partial charge < -0.3 is 25.2 Å². The summed E-state index contributed by atoms with van der Waals surface area (Å²) in [5, 5.41) is 29.7. The highest BCUT2D eigenvalue weighted by molar-refractivity contribution is 7.22. The van der Waals surface area contributed by atoms with Crippen molar-refractivity contribution in [3.8, 4) is 39.5 Å². The number of nitrogens with zero attached hydrogens (tertiary/aromatic N) is 2. The molecule has 0 aliphatic carbocycles. The molecular weight excluding hydrogens is 835 g/mol.